The summed E-state index contributed by atoms with van der Waals surface area (Å²) >= 11 is 2.22. The van der Waals surface area contributed by atoms with E-state index in [1.807, 2.05) is 43.3 Å². The van der Waals surface area contributed by atoms with Crippen molar-refractivity contribution in [2.75, 3.05) is 10.7 Å². The summed E-state index contributed by atoms with van der Waals surface area (Å²) in [6.07, 6.45) is 0. The Hall–Kier alpha value is -1.60. The molecule has 0 saturated carbocycles. The molecule has 4 N–H and O–H groups in total. The lowest BCUT2D eigenvalue weighted by Crippen LogP contribution is -2.17. The van der Waals surface area contributed by atoms with Gasteiger partial charge in [0, 0.05) is 9.26 Å². The zero-order chi connectivity index (χ0) is 13.8. The molecule has 0 aliphatic heterocycles. The van der Waals surface area contributed by atoms with Crippen LogP contribution in [0.1, 0.15) is 15.9 Å². The van der Waals surface area contributed by atoms with Crippen molar-refractivity contribution in [2.24, 2.45) is 5.84 Å². The Labute approximate surface area is 125 Å². The van der Waals surface area contributed by atoms with Gasteiger partial charge in [-0.25, -0.2) is 0 Å². The summed E-state index contributed by atoms with van der Waals surface area (Å²) in [7, 11) is 0. The number of hydrogen-bond acceptors (Lipinski definition) is 3. The highest BCUT2D eigenvalue weighted by molar-refractivity contribution is 14.1. The summed E-state index contributed by atoms with van der Waals surface area (Å²) in [5.74, 6) is 5.25. The number of hydrogen-bond donors (Lipinski definition) is 3. The fraction of sp³-hybridized carbons (Fsp3) is 0.0714. The van der Waals surface area contributed by atoms with Crippen molar-refractivity contribution in [3.05, 3.63) is 57.2 Å². The number of carbonyl (C=O) groups is 1. The molecule has 0 saturated heterocycles. The number of nitrogens with one attached hydrogen (secondary N) is 2. The fourth-order valence-electron chi connectivity index (χ4n) is 1.71. The van der Waals surface area contributed by atoms with E-state index in [9.17, 15) is 4.79 Å². The average Bonchev–Trinajstić information content (AvgIpc) is 2.41. The monoisotopic (exact) mass is 367 g/mol. The SMILES string of the molecule is Cc1ccc(C(=O)Nc2ccc(I)cc2)c(NN)c1. The smallest absolute Gasteiger partial charge is 0.257 e. The Balaban J connectivity index is 2.22. The van der Waals surface area contributed by atoms with Crippen LogP contribution in [0.2, 0.25) is 0 Å². The molecule has 0 aliphatic rings. The second-order valence-electron chi connectivity index (χ2n) is 4.15. The van der Waals surface area contributed by atoms with Gasteiger partial charge < -0.3 is 10.7 Å². The van der Waals surface area contributed by atoms with Gasteiger partial charge in [-0.15, -0.1) is 0 Å². The highest BCUT2D eigenvalue weighted by Gasteiger charge is 2.11. The van der Waals surface area contributed by atoms with E-state index in [0.717, 1.165) is 14.8 Å². The van der Waals surface area contributed by atoms with E-state index >= 15 is 0 Å². The summed E-state index contributed by atoms with van der Waals surface area (Å²) in [6, 6.07) is 13.1. The molecular weight excluding hydrogens is 353 g/mol. The van der Waals surface area contributed by atoms with E-state index in [2.05, 4.69) is 33.3 Å². The highest BCUT2D eigenvalue weighted by Crippen LogP contribution is 2.19. The Bertz CT molecular complexity index is 596. The van der Waals surface area contributed by atoms with Crippen LogP contribution in [0.5, 0.6) is 0 Å². The molecule has 0 spiro atoms. The molecule has 19 heavy (non-hydrogen) atoms. The van der Waals surface area contributed by atoms with Crippen LogP contribution in [0.4, 0.5) is 11.4 Å². The normalized spacial score (nSPS) is 10.1. The number of rotatable bonds is 3. The zero-order valence-electron chi connectivity index (χ0n) is 10.4. The van der Waals surface area contributed by atoms with Gasteiger partial charge in [-0.1, -0.05) is 6.07 Å². The van der Waals surface area contributed by atoms with Crippen molar-refractivity contribution in [3.8, 4) is 0 Å². The Morgan fingerprint density at radius 1 is 1.16 bits per heavy atom. The third-order valence-electron chi connectivity index (χ3n) is 2.68. The maximum Gasteiger partial charge on any atom is 0.257 e. The van der Waals surface area contributed by atoms with Gasteiger partial charge in [0.2, 0.25) is 0 Å². The summed E-state index contributed by atoms with van der Waals surface area (Å²) in [5, 5.41) is 2.84. The Morgan fingerprint density at radius 3 is 2.47 bits per heavy atom. The number of nitrogen functional groups attached to an aromatic ring is 1. The molecule has 2 aromatic rings. The molecule has 0 atom stereocenters. The second-order valence-corrected chi connectivity index (χ2v) is 5.40. The van der Waals surface area contributed by atoms with Crippen LogP contribution < -0.4 is 16.6 Å². The molecule has 0 radical (unpaired) electrons. The van der Waals surface area contributed by atoms with Gasteiger partial charge in [-0.2, -0.15) is 0 Å². The number of nitrogens with two attached hydrogens (primary N) is 1. The number of hydrazine groups is 1. The van der Waals surface area contributed by atoms with E-state index in [0.29, 0.717) is 11.3 Å². The van der Waals surface area contributed by atoms with Gasteiger partial charge in [0.25, 0.3) is 5.91 Å². The van der Waals surface area contributed by atoms with E-state index in [-0.39, 0.29) is 5.91 Å². The molecule has 0 aromatic heterocycles. The lowest BCUT2D eigenvalue weighted by molar-refractivity contribution is 0.102. The van der Waals surface area contributed by atoms with Crippen LogP contribution >= 0.6 is 22.6 Å². The minimum Gasteiger partial charge on any atom is -0.323 e. The predicted octanol–water partition coefficient (Wildman–Crippen LogP) is 3.14. The lowest BCUT2D eigenvalue weighted by Gasteiger charge is -2.10. The Kier molecular flexibility index (Phi) is 4.39. The van der Waals surface area contributed by atoms with Crippen LogP contribution in [0.25, 0.3) is 0 Å². The number of aryl methyl sites for hydroxylation is 1. The van der Waals surface area contributed by atoms with Gasteiger partial charge in [-0.05, 0) is 71.5 Å². The summed E-state index contributed by atoms with van der Waals surface area (Å²) in [6.45, 7) is 1.95. The first-order chi connectivity index (χ1) is 9.10. The maximum absolute atomic E-state index is 12.2. The van der Waals surface area contributed by atoms with E-state index in [1.165, 1.54) is 0 Å². The minimum atomic E-state index is -0.186. The molecule has 1 amide bonds. The zero-order valence-corrected chi connectivity index (χ0v) is 12.6. The number of anilines is 2. The van der Waals surface area contributed by atoms with Gasteiger partial charge in [0.1, 0.15) is 0 Å². The average molecular weight is 367 g/mol. The molecule has 0 aliphatic carbocycles. The quantitative estimate of drug-likeness (QED) is 0.444. The Morgan fingerprint density at radius 2 is 1.84 bits per heavy atom. The first-order valence-electron chi connectivity index (χ1n) is 5.74. The van der Waals surface area contributed by atoms with Crippen molar-refractivity contribution < 1.29 is 4.79 Å². The fourth-order valence-corrected chi connectivity index (χ4v) is 2.07. The van der Waals surface area contributed by atoms with Crippen LogP contribution in [0, 0.1) is 10.5 Å². The molecule has 5 heteroatoms. The summed E-state index contributed by atoms with van der Waals surface area (Å²) < 4.78 is 1.12. The van der Waals surface area contributed by atoms with Gasteiger partial charge in [-0.3, -0.25) is 10.6 Å². The summed E-state index contributed by atoms with van der Waals surface area (Å²) in [5.41, 5.74) is 5.48. The molecule has 4 nitrogen and oxygen atoms in total. The number of benzene rings is 2. The number of amides is 1. The molecule has 0 unspecified atom stereocenters. The van der Waals surface area contributed by atoms with Crippen LogP contribution in [0.3, 0.4) is 0 Å². The van der Waals surface area contributed by atoms with Crippen molar-refractivity contribution in [2.45, 2.75) is 6.92 Å². The molecule has 98 valence electrons. The van der Waals surface area contributed by atoms with Crippen LogP contribution in [-0.4, -0.2) is 5.91 Å². The first-order valence-corrected chi connectivity index (χ1v) is 6.82. The van der Waals surface area contributed by atoms with Crippen molar-refractivity contribution in [1.82, 2.24) is 0 Å². The molecular formula is C14H14IN3O. The predicted molar refractivity (Wildman–Crippen MR) is 86.1 cm³/mol. The van der Waals surface area contributed by atoms with Crippen molar-refractivity contribution >= 4 is 39.9 Å². The molecule has 2 rings (SSSR count). The van der Waals surface area contributed by atoms with Crippen molar-refractivity contribution in [3.63, 3.8) is 0 Å². The molecule has 0 bridgehead atoms. The standard InChI is InChI=1S/C14H14IN3O/c1-9-2-7-12(13(8-9)18-16)14(19)17-11-5-3-10(15)4-6-11/h2-8,18H,16H2,1H3,(H,17,19). The molecule has 0 heterocycles. The summed E-state index contributed by atoms with van der Waals surface area (Å²) in [4.78, 5) is 12.2. The van der Waals surface area contributed by atoms with E-state index in [1.54, 1.807) is 6.07 Å². The van der Waals surface area contributed by atoms with E-state index < -0.39 is 0 Å². The topological polar surface area (TPSA) is 67.2 Å². The maximum atomic E-state index is 12.2. The van der Waals surface area contributed by atoms with Gasteiger partial charge in [0.15, 0.2) is 0 Å². The number of halogens is 1. The third kappa shape index (κ3) is 3.45. The minimum absolute atomic E-state index is 0.186. The highest BCUT2D eigenvalue weighted by atomic mass is 127. The first kappa shape index (κ1) is 13.8. The van der Waals surface area contributed by atoms with Crippen molar-refractivity contribution in [1.29, 1.82) is 0 Å². The molecule has 0 fully saturated rings. The van der Waals surface area contributed by atoms with E-state index in [4.69, 9.17) is 5.84 Å². The second kappa shape index (κ2) is 6.03. The molecule has 2 aromatic carbocycles. The van der Waals surface area contributed by atoms with Crippen LogP contribution in [0.15, 0.2) is 42.5 Å². The largest absolute Gasteiger partial charge is 0.323 e. The van der Waals surface area contributed by atoms with Gasteiger partial charge >= 0.3 is 0 Å². The van der Waals surface area contributed by atoms with Gasteiger partial charge in [0.05, 0.1) is 11.3 Å². The number of carbonyl (C=O) groups excluding carboxylic acids is 1. The van der Waals surface area contributed by atoms with Crippen LogP contribution in [-0.2, 0) is 0 Å². The third-order valence-corrected chi connectivity index (χ3v) is 3.40. The lowest BCUT2D eigenvalue weighted by atomic mass is 10.1.